The molecule has 0 N–H and O–H groups in total. The van der Waals surface area contributed by atoms with E-state index in [2.05, 4.69) is 43.7 Å². The molecular weight excluding hydrogens is 208 g/mol. The zero-order valence-corrected chi connectivity index (χ0v) is 11.2. The van der Waals surface area contributed by atoms with Gasteiger partial charge >= 0.3 is 0 Å². The molecule has 0 aliphatic rings. The predicted octanol–water partition coefficient (Wildman–Crippen LogP) is 4.73. The van der Waals surface area contributed by atoms with Crippen LogP contribution in [0.2, 0.25) is 0 Å². The fraction of sp³-hybridized carbons (Fsp3) is 0.667. The third kappa shape index (κ3) is 8.76. The summed E-state index contributed by atoms with van der Waals surface area (Å²) in [6.07, 6.45) is 18.4. The van der Waals surface area contributed by atoms with Crippen molar-refractivity contribution in [3.05, 3.63) is 24.3 Å². The molecule has 0 unspecified atom stereocenters. The zero-order valence-electron chi connectivity index (χ0n) is 9.53. The molecule has 0 saturated heterocycles. The van der Waals surface area contributed by atoms with E-state index in [1.807, 2.05) is 23.5 Å². The van der Waals surface area contributed by atoms with E-state index < -0.39 is 0 Å². The molecule has 0 aromatic heterocycles. The van der Waals surface area contributed by atoms with Gasteiger partial charge in [0.1, 0.15) is 0 Å². The molecule has 0 rings (SSSR count). The van der Waals surface area contributed by atoms with Gasteiger partial charge in [-0.2, -0.15) is 0 Å². The number of unbranched alkanes of at least 4 members (excludes halogenated alkanes) is 3. The van der Waals surface area contributed by atoms with E-state index >= 15 is 0 Å². The van der Waals surface area contributed by atoms with Crippen molar-refractivity contribution in [3.63, 3.8) is 0 Å². The van der Waals surface area contributed by atoms with Gasteiger partial charge < -0.3 is 0 Å². The molecule has 0 atom stereocenters. The van der Waals surface area contributed by atoms with Crippen LogP contribution in [0.15, 0.2) is 24.3 Å². The Kier molecular flexibility index (Phi) is 11.4. The number of allylic oxidation sites excluding steroid dienone is 3. The lowest BCUT2D eigenvalue weighted by Gasteiger charge is -2.02. The fourth-order valence-electron chi connectivity index (χ4n) is 1.10. The van der Waals surface area contributed by atoms with E-state index in [0.29, 0.717) is 4.58 Å². The second-order valence-electron chi connectivity index (χ2n) is 3.15. The highest BCUT2D eigenvalue weighted by Gasteiger charge is 1.95. The Hall–Kier alpha value is 0.180. The number of hydrogen-bond donors (Lipinski definition) is 0. The first-order valence-electron chi connectivity index (χ1n) is 5.24. The summed E-state index contributed by atoms with van der Waals surface area (Å²) in [7, 11) is 0. The van der Waals surface area contributed by atoms with Gasteiger partial charge in [0.2, 0.25) is 0 Å². The molecule has 2 heteroatoms. The van der Waals surface area contributed by atoms with Crippen molar-refractivity contribution < 1.29 is 0 Å². The van der Waals surface area contributed by atoms with Crippen molar-refractivity contribution in [1.29, 1.82) is 0 Å². The van der Waals surface area contributed by atoms with Crippen LogP contribution in [0.3, 0.4) is 0 Å². The molecule has 0 radical (unpaired) electrons. The van der Waals surface area contributed by atoms with E-state index in [0.717, 1.165) is 0 Å². The molecule has 0 aliphatic heterocycles. The lowest BCUT2D eigenvalue weighted by atomic mass is 10.2. The van der Waals surface area contributed by atoms with Gasteiger partial charge in [-0.15, -0.1) is 23.5 Å². The Bertz CT molecular complexity index is 158. The number of rotatable bonds is 8. The molecule has 0 aromatic carbocycles. The molecule has 0 amide bonds. The normalized spacial score (nSPS) is 12.3. The predicted molar refractivity (Wildman–Crippen MR) is 73.2 cm³/mol. The molecule has 0 bridgehead atoms. The largest absolute Gasteiger partial charge is 0.147 e. The molecule has 0 saturated carbocycles. The fourth-order valence-corrected chi connectivity index (χ4v) is 2.36. The van der Waals surface area contributed by atoms with Crippen LogP contribution < -0.4 is 0 Å². The van der Waals surface area contributed by atoms with Crippen LogP contribution in [0.1, 0.15) is 32.6 Å². The second kappa shape index (κ2) is 11.3. The van der Waals surface area contributed by atoms with Crippen LogP contribution in [-0.2, 0) is 0 Å². The van der Waals surface area contributed by atoms with Gasteiger partial charge in [0.05, 0.1) is 4.58 Å². The average molecular weight is 230 g/mol. The van der Waals surface area contributed by atoms with Gasteiger partial charge in [-0.25, -0.2) is 0 Å². The molecule has 0 nitrogen and oxygen atoms in total. The third-order valence-corrected chi connectivity index (χ3v) is 4.35. The van der Waals surface area contributed by atoms with Crippen LogP contribution in [0.4, 0.5) is 0 Å². The summed E-state index contributed by atoms with van der Waals surface area (Å²) in [4.78, 5) is 0. The minimum absolute atomic E-state index is 0.607. The van der Waals surface area contributed by atoms with Crippen molar-refractivity contribution in [3.8, 4) is 0 Å². The average Bonchev–Trinajstić information content (AvgIpc) is 2.22. The molecule has 0 spiro atoms. The Morgan fingerprint density at radius 3 is 2.36 bits per heavy atom. The molecular formula is C12H22S2. The molecule has 82 valence electrons. The smallest absolute Gasteiger partial charge is 0.0679 e. The van der Waals surface area contributed by atoms with Crippen LogP contribution in [0.5, 0.6) is 0 Å². The molecule has 14 heavy (non-hydrogen) atoms. The van der Waals surface area contributed by atoms with E-state index in [1.165, 1.54) is 25.7 Å². The summed E-state index contributed by atoms with van der Waals surface area (Å²) >= 11 is 3.77. The van der Waals surface area contributed by atoms with Crippen molar-refractivity contribution in [2.45, 2.75) is 37.2 Å². The summed E-state index contributed by atoms with van der Waals surface area (Å²) < 4.78 is 0.607. The van der Waals surface area contributed by atoms with E-state index in [-0.39, 0.29) is 0 Å². The quantitative estimate of drug-likeness (QED) is 0.336. The minimum Gasteiger partial charge on any atom is -0.147 e. The van der Waals surface area contributed by atoms with Gasteiger partial charge in [-0.05, 0) is 25.4 Å². The Morgan fingerprint density at radius 1 is 1.07 bits per heavy atom. The van der Waals surface area contributed by atoms with Gasteiger partial charge in [0.25, 0.3) is 0 Å². The van der Waals surface area contributed by atoms with Crippen LogP contribution in [0.25, 0.3) is 0 Å². The monoisotopic (exact) mass is 230 g/mol. The first kappa shape index (κ1) is 14.2. The van der Waals surface area contributed by atoms with Gasteiger partial charge in [-0.1, -0.05) is 44.1 Å². The summed E-state index contributed by atoms with van der Waals surface area (Å²) in [5.74, 6) is 0. The topological polar surface area (TPSA) is 0 Å². The van der Waals surface area contributed by atoms with Gasteiger partial charge in [0, 0.05) is 0 Å². The van der Waals surface area contributed by atoms with Gasteiger partial charge in [-0.3, -0.25) is 0 Å². The lowest BCUT2D eigenvalue weighted by molar-refractivity contribution is 0.729. The Balaban J connectivity index is 3.48. The van der Waals surface area contributed by atoms with Crippen molar-refractivity contribution >= 4 is 23.5 Å². The van der Waals surface area contributed by atoms with Crippen LogP contribution >= 0.6 is 23.5 Å². The van der Waals surface area contributed by atoms with E-state index in [1.54, 1.807) is 0 Å². The van der Waals surface area contributed by atoms with E-state index in [9.17, 15) is 0 Å². The third-order valence-electron chi connectivity index (χ3n) is 1.95. The number of hydrogen-bond acceptors (Lipinski definition) is 2. The molecule has 0 fully saturated rings. The van der Waals surface area contributed by atoms with Crippen LogP contribution in [-0.4, -0.2) is 17.1 Å². The first-order chi connectivity index (χ1) is 6.85. The highest BCUT2D eigenvalue weighted by atomic mass is 32.2. The Morgan fingerprint density at radius 2 is 1.79 bits per heavy atom. The molecule has 0 heterocycles. The summed E-state index contributed by atoms with van der Waals surface area (Å²) in [6.45, 7) is 2.24. The highest BCUT2D eigenvalue weighted by Crippen LogP contribution is 2.19. The van der Waals surface area contributed by atoms with Crippen LogP contribution in [0, 0.1) is 0 Å². The molecule has 0 aromatic rings. The highest BCUT2D eigenvalue weighted by molar-refractivity contribution is 8.16. The molecule has 0 aliphatic carbocycles. The maximum atomic E-state index is 2.27. The minimum atomic E-state index is 0.607. The second-order valence-corrected chi connectivity index (χ2v) is 5.41. The zero-order chi connectivity index (χ0) is 10.6. The maximum Gasteiger partial charge on any atom is 0.0679 e. The van der Waals surface area contributed by atoms with Gasteiger partial charge in [0.15, 0.2) is 0 Å². The first-order valence-corrected chi connectivity index (χ1v) is 7.81. The maximum absolute atomic E-state index is 2.27. The Labute approximate surface area is 97.6 Å². The standard InChI is InChI=1S/C12H22S2/c1-4-5-6-7-8-9-10-11-12(13-2)14-3/h8-12H,4-7H2,1-3H3. The SMILES string of the molecule is CCCCCC=CC=CC(SC)SC. The summed E-state index contributed by atoms with van der Waals surface area (Å²) in [5.41, 5.74) is 0. The van der Waals surface area contributed by atoms with Crippen molar-refractivity contribution in [1.82, 2.24) is 0 Å². The number of thioether (sulfide) groups is 2. The summed E-state index contributed by atoms with van der Waals surface area (Å²) in [6, 6.07) is 0. The summed E-state index contributed by atoms with van der Waals surface area (Å²) in [5, 5.41) is 0. The van der Waals surface area contributed by atoms with Crippen molar-refractivity contribution in [2.75, 3.05) is 12.5 Å². The lowest BCUT2D eigenvalue weighted by Crippen LogP contribution is -1.86. The van der Waals surface area contributed by atoms with Crippen molar-refractivity contribution in [2.24, 2.45) is 0 Å². The van der Waals surface area contributed by atoms with E-state index in [4.69, 9.17) is 0 Å².